The van der Waals surface area contributed by atoms with Gasteiger partial charge in [0.15, 0.2) is 0 Å². The minimum absolute atomic E-state index is 0.237. The molecular formula is C13H21NO. The molecule has 1 aromatic rings. The van der Waals surface area contributed by atoms with Crippen LogP contribution in [0.1, 0.15) is 38.8 Å². The maximum atomic E-state index is 9.78. The van der Waals surface area contributed by atoms with Gasteiger partial charge in [-0.15, -0.1) is 0 Å². The summed E-state index contributed by atoms with van der Waals surface area (Å²) < 4.78 is 0. The van der Waals surface area contributed by atoms with E-state index in [1.165, 1.54) is 6.42 Å². The van der Waals surface area contributed by atoms with Gasteiger partial charge in [0.05, 0.1) is 6.10 Å². The smallest absolute Gasteiger partial charge is 0.0595 e. The number of aliphatic hydroxyl groups is 1. The largest absolute Gasteiger partial charge is 0.393 e. The first-order valence-corrected chi connectivity index (χ1v) is 5.76. The summed E-state index contributed by atoms with van der Waals surface area (Å²) in [5.74, 6) is 0.729. The zero-order valence-electron chi connectivity index (χ0n) is 9.69. The van der Waals surface area contributed by atoms with Gasteiger partial charge in [0.2, 0.25) is 0 Å². The lowest BCUT2D eigenvalue weighted by molar-refractivity contribution is 0.158. The highest BCUT2D eigenvalue weighted by atomic mass is 16.3. The van der Waals surface area contributed by atoms with Crippen LogP contribution in [-0.2, 0) is 6.42 Å². The molecule has 0 radical (unpaired) electrons. The Bertz CT molecular complexity index is 258. The number of pyridine rings is 1. The van der Waals surface area contributed by atoms with E-state index in [1.54, 1.807) is 6.20 Å². The van der Waals surface area contributed by atoms with Gasteiger partial charge in [0.25, 0.3) is 0 Å². The van der Waals surface area contributed by atoms with Gasteiger partial charge >= 0.3 is 0 Å². The predicted molar refractivity (Wildman–Crippen MR) is 62.6 cm³/mol. The van der Waals surface area contributed by atoms with Crippen LogP contribution in [0.2, 0.25) is 0 Å². The fourth-order valence-electron chi connectivity index (χ4n) is 1.62. The summed E-state index contributed by atoms with van der Waals surface area (Å²) in [7, 11) is 0. The molecule has 0 saturated carbocycles. The summed E-state index contributed by atoms with van der Waals surface area (Å²) in [4.78, 5) is 4.20. The fraction of sp³-hybridized carbons (Fsp3) is 0.615. The molecule has 0 fully saturated rings. The van der Waals surface area contributed by atoms with Crippen LogP contribution in [0.25, 0.3) is 0 Å². The third-order valence-electron chi connectivity index (χ3n) is 2.49. The second-order valence-electron chi connectivity index (χ2n) is 4.50. The molecule has 0 saturated heterocycles. The van der Waals surface area contributed by atoms with E-state index in [2.05, 4.69) is 18.8 Å². The van der Waals surface area contributed by atoms with E-state index >= 15 is 0 Å². The molecule has 1 N–H and O–H groups in total. The van der Waals surface area contributed by atoms with Crippen LogP contribution in [0.3, 0.4) is 0 Å². The Morgan fingerprint density at radius 2 is 2.07 bits per heavy atom. The van der Waals surface area contributed by atoms with Crippen molar-refractivity contribution in [2.45, 2.75) is 45.6 Å². The molecule has 2 heteroatoms. The minimum atomic E-state index is -0.237. The van der Waals surface area contributed by atoms with Gasteiger partial charge < -0.3 is 5.11 Å². The number of rotatable bonds is 6. The Morgan fingerprint density at radius 1 is 1.27 bits per heavy atom. The lowest BCUT2D eigenvalue weighted by atomic mass is 10.0. The Kier molecular flexibility index (Phi) is 5.33. The molecule has 2 nitrogen and oxygen atoms in total. The second kappa shape index (κ2) is 6.57. The lowest BCUT2D eigenvalue weighted by Crippen LogP contribution is -2.11. The van der Waals surface area contributed by atoms with Crippen LogP contribution in [0.15, 0.2) is 24.4 Å². The summed E-state index contributed by atoms with van der Waals surface area (Å²) in [6.07, 6.45) is 5.40. The van der Waals surface area contributed by atoms with Crippen molar-refractivity contribution in [3.05, 3.63) is 30.1 Å². The van der Waals surface area contributed by atoms with Crippen molar-refractivity contribution in [3.8, 4) is 0 Å². The van der Waals surface area contributed by atoms with Crippen LogP contribution in [-0.4, -0.2) is 16.2 Å². The van der Waals surface area contributed by atoms with Crippen LogP contribution in [0.4, 0.5) is 0 Å². The fourth-order valence-corrected chi connectivity index (χ4v) is 1.62. The van der Waals surface area contributed by atoms with Gasteiger partial charge in [0, 0.05) is 18.3 Å². The Hall–Kier alpha value is -0.890. The third-order valence-corrected chi connectivity index (χ3v) is 2.49. The molecule has 0 aliphatic rings. The van der Waals surface area contributed by atoms with Gasteiger partial charge in [-0.1, -0.05) is 32.8 Å². The van der Waals surface area contributed by atoms with Crippen LogP contribution >= 0.6 is 0 Å². The van der Waals surface area contributed by atoms with E-state index in [0.717, 1.165) is 24.5 Å². The van der Waals surface area contributed by atoms with Gasteiger partial charge in [-0.25, -0.2) is 0 Å². The average molecular weight is 207 g/mol. The quantitative estimate of drug-likeness (QED) is 0.778. The summed E-state index contributed by atoms with van der Waals surface area (Å²) in [6.45, 7) is 4.43. The first kappa shape index (κ1) is 12.2. The van der Waals surface area contributed by atoms with Gasteiger partial charge in [0.1, 0.15) is 0 Å². The molecule has 1 atom stereocenters. The molecule has 0 bridgehead atoms. The van der Waals surface area contributed by atoms with E-state index in [9.17, 15) is 5.11 Å². The van der Waals surface area contributed by atoms with Crippen molar-refractivity contribution >= 4 is 0 Å². The zero-order chi connectivity index (χ0) is 11.1. The van der Waals surface area contributed by atoms with Crippen molar-refractivity contribution in [1.29, 1.82) is 0 Å². The summed E-state index contributed by atoms with van der Waals surface area (Å²) in [5.41, 5.74) is 0.981. The molecule has 1 heterocycles. The number of hydrogen-bond acceptors (Lipinski definition) is 2. The summed E-state index contributed by atoms with van der Waals surface area (Å²) >= 11 is 0. The van der Waals surface area contributed by atoms with Gasteiger partial charge in [-0.05, 0) is 24.5 Å². The molecule has 0 aliphatic heterocycles. The molecule has 1 aromatic heterocycles. The monoisotopic (exact) mass is 207 g/mol. The molecule has 84 valence electrons. The summed E-state index contributed by atoms with van der Waals surface area (Å²) in [5, 5.41) is 9.78. The molecule has 0 amide bonds. The number of nitrogens with zero attached hydrogens (tertiary/aromatic N) is 1. The van der Waals surface area contributed by atoms with Gasteiger partial charge in [-0.3, -0.25) is 4.98 Å². The summed E-state index contributed by atoms with van der Waals surface area (Å²) in [6, 6.07) is 5.82. The molecule has 0 spiro atoms. The van der Waals surface area contributed by atoms with Crippen molar-refractivity contribution in [1.82, 2.24) is 4.98 Å². The highest BCUT2D eigenvalue weighted by Crippen LogP contribution is 2.10. The Morgan fingerprint density at radius 3 is 2.67 bits per heavy atom. The highest BCUT2D eigenvalue weighted by Gasteiger charge is 2.06. The first-order chi connectivity index (χ1) is 7.18. The van der Waals surface area contributed by atoms with E-state index < -0.39 is 0 Å². The highest BCUT2D eigenvalue weighted by molar-refractivity contribution is 5.04. The normalized spacial score (nSPS) is 13.1. The van der Waals surface area contributed by atoms with Crippen molar-refractivity contribution in [2.75, 3.05) is 0 Å². The standard InChI is InChI=1S/C13H21NO/c1-11(2)6-5-8-13(15)10-12-7-3-4-9-14-12/h3-4,7,9,11,13,15H,5-6,8,10H2,1-2H3. The molecule has 1 rings (SSSR count). The number of hydrogen-bond donors (Lipinski definition) is 1. The number of aliphatic hydroxyl groups excluding tert-OH is 1. The zero-order valence-corrected chi connectivity index (χ0v) is 9.69. The molecule has 0 aromatic carbocycles. The average Bonchev–Trinajstić information content (AvgIpc) is 2.18. The SMILES string of the molecule is CC(C)CCCC(O)Cc1ccccn1. The van der Waals surface area contributed by atoms with Crippen LogP contribution in [0, 0.1) is 5.92 Å². The second-order valence-corrected chi connectivity index (χ2v) is 4.50. The minimum Gasteiger partial charge on any atom is -0.393 e. The van der Waals surface area contributed by atoms with E-state index in [4.69, 9.17) is 0 Å². The first-order valence-electron chi connectivity index (χ1n) is 5.76. The van der Waals surface area contributed by atoms with Crippen molar-refractivity contribution in [3.63, 3.8) is 0 Å². The van der Waals surface area contributed by atoms with Crippen molar-refractivity contribution < 1.29 is 5.11 Å². The van der Waals surface area contributed by atoms with Crippen LogP contribution < -0.4 is 0 Å². The topological polar surface area (TPSA) is 33.1 Å². The van der Waals surface area contributed by atoms with E-state index in [-0.39, 0.29) is 6.10 Å². The van der Waals surface area contributed by atoms with Crippen molar-refractivity contribution in [2.24, 2.45) is 5.92 Å². The third kappa shape index (κ3) is 5.53. The van der Waals surface area contributed by atoms with Gasteiger partial charge in [-0.2, -0.15) is 0 Å². The molecule has 15 heavy (non-hydrogen) atoms. The Balaban J connectivity index is 2.21. The lowest BCUT2D eigenvalue weighted by Gasteiger charge is -2.10. The molecule has 1 unspecified atom stereocenters. The molecule has 0 aliphatic carbocycles. The molecular weight excluding hydrogens is 186 g/mol. The van der Waals surface area contributed by atoms with Crippen LogP contribution in [0.5, 0.6) is 0 Å². The predicted octanol–water partition coefficient (Wildman–Crippen LogP) is 2.81. The van der Waals surface area contributed by atoms with E-state index in [1.807, 2.05) is 18.2 Å². The number of aromatic nitrogens is 1. The maximum Gasteiger partial charge on any atom is 0.0595 e. The van der Waals surface area contributed by atoms with E-state index in [0.29, 0.717) is 6.42 Å². The Labute approximate surface area is 92.4 Å². The maximum absolute atomic E-state index is 9.78.